The van der Waals surface area contributed by atoms with Gasteiger partial charge >= 0.3 is 0 Å². The molecule has 0 fully saturated rings. The summed E-state index contributed by atoms with van der Waals surface area (Å²) in [6.07, 6.45) is 10.5. The first kappa shape index (κ1) is 30.9. The van der Waals surface area contributed by atoms with Crippen molar-refractivity contribution >= 4 is 33.5 Å². The third-order valence-electron chi connectivity index (χ3n) is 4.64. The monoisotopic (exact) mass is 477 g/mol. The van der Waals surface area contributed by atoms with Crippen molar-refractivity contribution in [1.82, 2.24) is 44.0 Å². The number of rotatable bonds is 2. The SMILES string of the molecule is C.C.C.C.CCn1cnc2cccnc21.CCn1cnc2ncccc21.c1cnc2nc[nH]c2c1. The lowest BCUT2D eigenvalue weighted by Crippen LogP contribution is -1.91. The van der Waals surface area contributed by atoms with Crippen molar-refractivity contribution < 1.29 is 0 Å². The first-order valence-electron chi connectivity index (χ1n) is 10.1. The van der Waals surface area contributed by atoms with E-state index in [1.807, 2.05) is 53.6 Å². The van der Waals surface area contributed by atoms with Gasteiger partial charge in [0, 0.05) is 31.7 Å². The van der Waals surface area contributed by atoms with E-state index < -0.39 is 0 Å². The second kappa shape index (κ2) is 14.9. The van der Waals surface area contributed by atoms with Gasteiger partial charge in [0.15, 0.2) is 16.9 Å². The van der Waals surface area contributed by atoms with Crippen molar-refractivity contribution in [3.63, 3.8) is 0 Å². The van der Waals surface area contributed by atoms with E-state index in [4.69, 9.17) is 0 Å². The molecular formula is C26H39N9. The number of fused-ring (bicyclic) bond motifs is 3. The highest BCUT2D eigenvalue weighted by atomic mass is 15.1. The summed E-state index contributed by atoms with van der Waals surface area (Å²) in [5.41, 5.74) is 5.63. The lowest BCUT2D eigenvalue weighted by molar-refractivity contribution is 0.778. The van der Waals surface area contributed by atoms with Gasteiger partial charge in [0.2, 0.25) is 0 Å². The normalized spacial score (nSPS) is 9.31. The van der Waals surface area contributed by atoms with E-state index in [0.717, 1.165) is 46.6 Å². The summed E-state index contributed by atoms with van der Waals surface area (Å²) < 4.78 is 4.09. The number of nitrogens with zero attached hydrogens (tertiary/aromatic N) is 8. The minimum atomic E-state index is 0. The molecule has 9 heteroatoms. The standard InChI is InChI=1S/2C8H9N3.C6H5N3.4CH4/c1-2-11-6-10-8-7(11)4-3-5-9-8;1-2-11-6-10-7-4-3-5-9-8(7)11;1-2-5-6(7-3-1)9-4-8-5;;;;/h2*3-6H,2H2,1H3;1-4H,(H,7,8,9);4*1H4. The lowest BCUT2D eigenvalue weighted by Gasteiger charge is -1.95. The van der Waals surface area contributed by atoms with Gasteiger partial charge in [-0.05, 0) is 50.2 Å². The first-order chi connectivity index (χ1) is 15.3. The van der Waals surface area contributed by atoms with Crippen LogP contribution in [-0.2, 0) is 13.1 Å². The van der Waals surface area contributed by atoms with E-state index in [1.165, 1.54) is 0 Å². The van der Waals surface area contributed by atoms with Crippen molar-refractivity contribution in [2.45, 2.75) is 56.6 Å². The van der Waals surface area contributed by atoms with Gasteiger partial charge in [-0.2, -0.15) is 0 Å². The smallest absolute Gasteiger partial charge is 0.177 e. The number of hydrogen-bond donors (Lipinski definition) is 1. The molecule has 0 aliphatic heterocycles. The Balaban J connectivity index is 0.000000471. The Morgan fingerprint density at radius 2 is 1.29 bits per heavy atom. The molecule has 0 aliphatic carbocycles. The minimum Gasteiger partial charge on any atom is -0.343 e. The number of aryl methyl sites for hydroxylation is 2. The minimum absolute atomic E-state index is 0. The summed E-state index contributed by atoms with van der Waals surface area (Å²) in [5, 5.41) is 0. The molecule has 1 N–H and O–H groups in total. The second-order valence-electron chi connectivity index (χ2n) is 6.53. The number of imidazole rings is 3. The van der Waals surface area contributed by atoms with E-state index in [9.17, 15) is 0 Å². The van der Waals surface area contributed by atoms with Crippen LogP contribution >= 0.6 is 0 Å². The van der Waals surface area contributed by atoms with Crippen LogP contribution in [0.15, 0.2) is 74.0 Å². The average Bonchev–Trinajstić information content (AvgIpc) is 3.57. The number of nitrogens with one attached hydrogen (secondary N) is 1. The molecule has 6 aromatic rings. The molecule has 0 unspecified atom stereocenters. The predicted molar refractivity (Wildman–Crippen MR) is 147 cm³/mol. The zero-order valence-electron chi connectivity index (χ0n) is 17.4. The van der Waals surface area contributed by atoms with Crippen LogP contribution in [0.25, 0.3) is 33.5 Å². The maximum absolute atomic E-state index is 4.21. The molecular weight excluding hydrogens is 438 g/mol. The highest BCUT2D eigenvalue weighted by molar-refractivity contribution is 5.70. The molecule has 0 saturated heterocycles. The zero-order valence-corrected chi connectivity index (χ0v) is 17.4. The summed E-state index contributed by atoms with van der Waals surface area (Å²) in [6.45, 7) is 6.04. The molecule has 0 bridgehead atoms. The summed E-state index contributed by atoms with van der Waals surface area (Å²) in [4.78, 5) is 27.6. The van der Waals surface area contributed by atoms with Crippen molar-refractivity contribution in [2.75, 3.05) is 0 Å². The summed E-state index contributed by atoms with van der Waals surface area (Å²) >= 11 is 0. The Morgan fingerprint density at radius 1 is 0.657 bits per heavy atom. The fourth-order valence-corrected chi connectivity index (χ4v) is 3.05. The topological polar surface area (TPSA) is 103 Å². The van der Waals surface area contributed by atoms with Crippen LogP contribution in [0.4, 0.5) is 0 Å². The molecule has 0 spiro atoms. The Bertz CT molecular complexity index is 1280. The molecule has 6 heterocycles. The molecule has 9 nitrogen and oxygen atoms in total. The van der Waals surface area contributed by atoms with Crippen molar-refractivity contribution in [3.8, 4) is 0 Å². The van der Waals surface area contributed by atoms with Gasteiger partial charge in [-0.1, -0.05) is 29.7 Å². The fourth-order valence-electron chi connectivity index (χ4n) is 3.05. The van der Waals surface area contributed by atoms with Crippen LogP contribution in [0.2, 0.25) is 0 Å². The predicted octanol–water partition coefficient (Wildman–Crippen LogP) is 6.40. The number of H-pyrrole nitrogens is 1. The largest absolute Gasteiger partial charge is 0.343 e. The Labute approximate surface area is 208 Å². The van der Waals surface area contributed by atoms with E-state index in [1.54, 1.807) is 24.9 Å². The molecule has 188 valence electrons. The molecule has 6 aromatic heterocycles. The second-order valence-corrected chi connectivity index (χ2v) is 6.53. The molecule has 0 radical (unpaired) electrons. The molecule has 0 saturated carbocycles. The molecule has 0 aliphatic rings. The third kappa shape index (κ3) is 7.17. The fraction of sp³-hybridized carbons (Fsp3) is 0.308. The lowest BCUT2D eigenvalue weighted by atomic mass is 10.4. The Morgan fingerprint density at radius 3 is 2.00 bits per heavy atom. The van der Waals surface area contributed by atoms with Crippen LogP contribution in [0.5, 0.6) is 0 Å². The maximum atomic E-state index is 4.21. The van der Waals surface area contributed by atoms with E-state index >= 15 is 0 Å². The maximum Gasteiger partial charge on any atom is 0.177 e. The third-order valence-corrected chi connectivity index (χ3v) is 4.64. The summed E-state index contributed by atoms with van der Waals surface area (Å²) in [5.74, 6) is 0. The van der Waals surface area contributed by atoms with Crippen molar-refractivity contribution in [3.05, 3.63) is 74.0 Å². The van der Waals surface area contributed by atoms with E-state index in [2.05, 4.69) is 53.3 Å². The average molecular weight is 478 g/mol. The quantitative estimate of drug-likeness (QED) is 0.309. The van der Waals surface area contributed by atoms with Gasteiger partial charge in [-0.15, -0.1) is 0 Å². The summed E-state index contributed by atoms with van der Waals surface area (Å²) in [6, 6.07) is 11.6. The number of aromatic nitrogens is 9. The van der Waals surface area contributed by atoms with Crippen LogP contribution in [-0.4, -0.2) is 44.0 Å². The van der Waals surface area contributed by atoms with Crippen LogP contribution < -0.4 is 0 Å². The number of hydrogen-bond acceptors (Lipinski definition) is 6. The molecule has 0 atom stereocenters. The molecule has 35 heavy (non-hydrogen) atoms. The van der Waals surface area contributed by atoms with Crippen LogP contribution in [0, 0.1) is 0 Å². The molecule has 6 rings (SSSR count). The van der Waals surface area contributed by atoms with E-state index in [-0.39, 0.29) is 29.7 Å². The van der Waals surface area contributed by atoms with Gasteiger partial charge in [0.25, 0.3) is 0 Å². The van der Waals surface area contributed by atoms with Crippen LogP contribution in [0.3, 0.4) is 0 Å². The van der Waals surface area contributed by atoms with Crippen LogP contribution in [0.1, 0.15) is 43.6 Å². The van der Waals surface area contributed by atoms with Crippen molar-refractivity contribution in [2.24, 2.45) is 0 Å². The summed E-state index contributed by atoms with van der Waals surface area (Å²) in [7, 11) is 0. The Kier molecular flexibility index (Phi) is 13.1. The molecule has 0 aromatic carbocycles. The highest BCUT2D eigenvalue weighted by Crippen LogP contribution is 2.08. The zero-order chi connectivity index (χ0) is 21.5. The van der Waals surface area contributed by atoms with E-state index in [0.29, 0.717) is 0 Å². The van der Waals surface area contributed by atoms with Gasteiger partial charge in [0.1, 0.15) is 5.52 Å². The Hall–Kier alpha value is -4.14. The highest BCUT2D eigenvalue weighted by Gasteiger charge is 1.99. The number of aromatic amines is 1. The van der Waals surface area contributed by atoms with Gasteiger partial charge in [-0.3, -0.25) is 0 Å². The van der Waals surface area contributed by atoms with Gasteiger partial charge in [-0.25, -0.2) is 29.9 Å². The van der Waals surface area contributed by atoms with Gasteiger partial charge < -0.3 is 14.1 Å². The van der Waals surface area contributed by atoms with Crippen molar-refractivity contribution in [1.29, 1.82) is 0 Å². The number of pyridine rings is 3. The van der Waals surface area contributed by atoms with Gasteiger partial charge in [0.05, 0.1) is 30.0 Å². The first-order valence-corrected chi connectivity index (χ1v) is 10.1. The molecule has 0 amide bonds.